The zero-order valence-corrected chi connectivity index (χ0v) is 13.7. The summed E-state index contributed by atoms with van der Waals surface area (Å²) >= 11 is 5.85. The molecular weight excluding hydrogens is 327 g/mol. The van der Waals surface area contributed by atoms with Crippen molar-refractivity contribution < 1.29 is 23.5 Å². The van der Waals surface area contributed by atoms with Gasteiger partial charge in [-0.3, -0.25) is 9.59 Å². The van der Waals surface area contributed by atoms with Gasteiger partial charge in [0.1, 0.15) is 12.4 Å². The number of urea groups is 1. The number of amides is 3. The van der Waals surface area contributed by atoms with Crippen molar-refractivity contribution in [3.8, 4) is 5.75 Å². The lowest BCUT2D eigenvalue weighted by molar-refractivity contribution is -0.134. The van der Waals surface area contributed by atoms with Crippen LogP contribution in [0.4, 0.5) is 14.9 Å². The Bertz CT molecular complexity index is 678. The third-order valence-corrected chi connectivity index (χ3v) is 3.67. The fourth-order valence-corrected chi connectivity index (χ4v) is 2.31. The van der Waals surface area contributed by atoms with Gasteiger partial charge in [0.25, 0.3) is 5.91 Å². The molecule has 0 unspecified atom stereocenters. The molecule has 3 amide bonds. The van der Waals surface area contributed by atoms with E-state index in [-0.39, 0.29) is 35.5 Å². The Morgan fingerprint density at radius 2 is 2.04 bits per heavy atom. The van der Waals surface area contributed by atoms with Crippen LogP contribution in [-0.4, -0.2) is 35.4 Å². The molecular formula is C15H16ClFN2O4. The van der Waals surface area contributed by atoms with Gasteiger partial charge in [-0.1, -0.05) is 18.5 Å². The van der Waals surface area contributed by atoms with Crippen LogP contribution in [0.2, 0.25) is 5.02 Å². The van der Waals surface area contributed by atoms with Gasteiger partial charge in [-0.05, 0) is 19.9 Å². The summed E-state index contributed by atoms with van der Waals surface area (Å²) in [4.78, 5) is 37.8. The largest absolute Gasteiger partial charge is 0.425 e. The molecule has 0 bridgehead atoms. The molecule has 1 aromatic rings. The normalized spacial score (nSPS) is 14.9. The summed E-state index contributed by atoms with van der Waals surface area (Å²) in [5.74, 6) is -2.07. The molecule has 0 spiro atoms. The summed E-state index contributed by atoms with van der Waals surface area (Å²) in [6.45, 7) is 4.96. The average molecular weight is 343 g/mol. The van der Waals surface area contributed by atoms with Gasteiger partial charge in [0, 0.05) is 18.5 Å². The van der Waals surface area contributed by atoms with Crippen LogP contribution in [-0.2, 0) is 9.59 Å². The summed E-state index contributed by atoms with van der Waals surface area (Å²) in [6.07, 6.45) is 0.103. The number of hydrogen-bond donors (Lipinski definition) is 0. The molecule has 1 heterocycles. The molecule has 1 saturated heterocycles. The third kappa shape index (κ3) is 3.29. The van der Waals surface area contributed by atoms with E-state index in [0.29, 0.717) is 0 Å². The van der Waals surface area contributed by atoms with Crippen LogP contribution < -0.4 is 9.64 Å². The number of esters is 1. The van der Waals surface area contributed by atoms with E-state index in [1.165, 1.54) is 4.90 Å². The molecule has 124 valence electrons. The van der Waals surface area contributed by atoms with Crippen molar-refractivity contribution in [2.75, 3.05) is 11.4 Å². The van der Waals surface area contributed by atoms with E-state index in [2.05, 4.69) is 0 Å². The van der Waals surface area contributed by atoms with Gasteiger partial charge in [-0.25, -0.2) is 14.1 Å². The predicted molar refractivity (Wildman–Crippen MR) is 82.1 cm³/mol. The highest BCUT2D eigenvalue weighted by atomic mass is 35.5. The fraction of sp³-hybridized carbons (Fsp3) is 0.400. The topological polar surface area (TPSA) is 66.9 Å². The minimum atomic E-state index is -0.849. The molecule has 0 aromatic heterocycles. The molecule has 23 heavy (non-hydrogen) atoms. The number of carbonyl (C=O) groups excluding carboxylic acids is 3. The summed E-state index contributed by atoms with van der Waals surface area (Å²) in [5, 5.41) is -0.118. The number of nitrogens with zero attached hydrogens (tertiary/aromatic N) is 2. The third-order valence-electron chi connectivity index (χ3n) is 3.37. The average Bonchev–Trinajstić information content (AvgIpc) is 2.77. The Hall–Kier alpha value is -2.15. The minimum Gasteiger partial charge on any atom is -0.425 e. The number of halogens is 2. The quantitative estimate of drug-likeness (QED) is 0.479. The standard InChI is InChI=1S/C15H16ClFN2O4/c1-4-14(21)23-12-6-11(10(17)5-9(12)16)19-13(20)7-18(8(2)3)15(19)22/h5-6,8H,4,7H2,1-3H3. The number of rotatable bonds is 4. The van der Waals surface area contributed by atoms with Gasteiger partial charge in [0.15, 0.2) is 5.75 Å². The lowest BCUT2D eigenvalue weighted by atomic mass is 10.2. The Morgan fingerprint density at radius 3 is 2.57 bits per heavy atom. The van der Waals surface area contributed by atoms with E-state index in [4.69, 9.17) is 16.3 Å². The highest BCUT2D eigenvalue weighted by Gasteiger charge is 2.40. The number of carbonyl (C=O) groups is 3. The Morgan fingerprint density at radius 1 is 1.39 bits per heavy atom. The molecule has 2 rings (SSSR count). The van der Waals surface area contributed by atoms with Gasteiger partial charge in [0.2, 0.25) is 0 Å². The van der Waals surface area contributed by atoms with Crippen molar-refractivity contribution in [3.63, 3.8) is 0 Å². The molecule has 0 saturated carbocycles. The summed E-state index contributed by atoms with van der Waals surface area (Å²) in [7, 11) is 0. The zero-order valence-electron chi connectivity index (χ0n) is 12.9. The Labute approximate surface area is 137 Å². The van der Waals surface area contributed by atoms with Crippen molar-refractivity contribution in [2.45, 2.75) is 33.2 Å². The number of anilines is 1. The molecule has 1 fully saturated rings. The van der Waals surface area contributed by atoms with Crippen LogP contribution in [0, 0.1) is 5.82 Å². The molecule has 8 heteroatoms. The van der Waals surface area contributed by atoms with E-state index < -0.39 is 23.7 Å². The second kappa shape index (κ2) is 6.54. The number of benzene rings is 1. The highest BCUT2D eigenvalue weighted by Crippen LogP contribution is 2.34. The second-order valence-electron chi connectivity index (χ2n) is 5.30. The van der Waals surface area contributed by atoms with Crippen molar-refractivity contribution in [3.05, 3.63) is 23.0 Å². The minimum absolute atomic E-state index is 0.0986. The van der Waals surface area contributed by atoms with E-state index in [0.717, 1.165) is 17.0 Å². The van der Waals surface area contributed by atoms with Crippen LogP contribution in [0.25, 0.3) is 0 Å². The van der Waals surface area contributed by atoms with Crippen LogP contribution >= 0.6 is 11.6 Å². The first-order chi connectivity index (χ1) is 10.8. The van der Waals surface area contributed by atoms with Gasteiger partial charge < -0.3 is 9.64 Å². The SMILES string of the molecule is CCC(=O)Oc1cc(N2C(=O)CN(C(C)C)C2=O)c(F)cc1Cl. The van der Waals surface area contributed by atoms with Crippen LogP contribution in [0.1, 0.15) is 27.2 Å². The lowest BCUT2D eigenvalue weighted by Crippen LogP contribution is -2.37. The first-order valence-electron chi connectivity index (χ1n) is 7.09. The number of hydrogen-bond acceptors (Lipinski definition) is 4. The van der Waals surface area contributed by atoms with Crippen molar-refractivity contribution in [1.82, 2.24) is 4.90 Å². The molecule has 1 aliphatic rings. The number of ether oxygens (including phenoxy) is 1. The summed E-state index contributed by atoms with van der Waals surface area (Å²) in [5.41, 5.74) is -0.286. The van der Waals surface area contributed by atoms with Crippen molar-refractivity contribution >= 4 is 35.2 Å². The zero-order chi connectivity index (χ0) is 17.3. The van der Waals surface area contributed by atoms with Gasteiger partial charge in [-0.15, -0.1) is 0 Å². The maximum atomic E-state index is 14.2. The first kappa shape index (κ1) is 17.2. The van der Waals surface area contributed by atoms with Gasteiger partial charge >= 0.3 is 12.0 Å². The predicted octanol–water partition coefficient (Wildman–Crippen LogP) is 2.97. The maximum Gasteiger partial charge on any atom is 0.332 e. The molecule has 0 atom stereocenters. The van der Waals surface area contributed by atoms with E-state index >= 15 is 0 Å². The molecule has 0 aliphatic carbocycles. The number of imide groups is 1. The monoisotopic (exact) mass is 342 g/mol. The first-order valence-corrected chi connectivity index (χ1v) is 7.47. The molecule has 1 aromatic carbocycles. The van der Waals surface area contributed by atoms with Crippen LogP contribution in [0.5, 0.6) is 5.75 Å². The van der Waals surface area contributed by atoms with Gasteiger partial charge in [0.05, 0.1) is 10.7 Å². The smallest absolute Gasteiger partial charge is 0.332 e. The Balaban J connectivity index is 2.43. The van der Waals surface area contributed by atoms with E-state index in [9.17, 15) is 18.8 Å². The van der Waals surface area contributed by atoms with Gasteiger partial charge in [-0.2, -0.15) is 0 Å². The van der Waals surface area contributed by atoms with E-state index in [1.807, 2.05) is 0 Å². The lowest BCUT2D eigenvalue weighted by Gasteiger charge is -2.21. The van der Waals surface area contributed by atoms with E-state index in [1.54, 1.807) is 20.8 Å². The molecule has 1 aliphatic heterocycles. The maximum absolute atomic E-state index is 14.2. The van der Waals surface area contributed by atoms with Crippen molar-refractivity contribution in [1.29, 1.82) is 0 Å². The second-order valence-corrected chi connectivity index (χ2v) is 5.70. The Kier molecular flexibility index (Phi) is 4.89. The van der Waals surface area contributed by atoms with Crippen LogP contribution in [0.15, 0.2) is 12.1 Å². The van der Waals surface area contributed by atoms with Crippen LogP contribution in [0.3, 0.4) is 0 Å². The van der Waals surface area contributed by atoms with Crippen molar-refractivity contribution in [2.24, 2.45) is 0 Å². The highest BCUT2D eigenvalue weighted by molar-refractivity contribution is 6.32. The molecule has 6 nitrogen and oxygen atoms in total. The summed E-state index contributed by atoms with van der Waals surface area (Å²) < 4.78 is 19.2. The molecule has 0 radical (unpaired) electrons. The molecule has 0 N–H and O–H groups in total. The fourth-order valence-electron chi connectivity index (χ4n) is 2.12. The summed E-state index contributed by atoms with van der Waals surface area (Å²) in [6, 6.07) is 1.17.